The lowest BCUT2D eigenvalue weighted by atomic mass is 10.1. The van der Waals surface area contributed by atoms with Gasteiger partial charge in [0.25, 0.3) is 0 Å². The van der Waals surface area contributed by atoms with Crippen LogP contribution in [-0.4, -0.2) is 47.4 Å². The molecule has 1 N–H and O–H groups in total. The van der Waals surface area contributed by atoms with Gasteiger partial charge in [0.15, 0.2) is 0 Å². The van der Waals surface area contributed by atoms with Crippen molar-refractivity contribution in [2.45, 2.75) is 71.6 Å². The minimum Gasteiger partial charge on any atom is -0.444 e. The number of alkyl carbamates (subject to hydrolysis) is 1. The van der Waals surface area contributed by atoms with Crippen molar-refractivity contribution < 1.29 is 19.1 Å². The number of nitrogens with one attached hydrogen (secondary N) is 1. The van der Waals surface area contributed by atoms with Crippen LogP contribution < -0.4 is 5.32 Å². The van der Waals surface area contributed by atoms with Gasteiger partial charge in [-0.3, -0.25) is 0 Å². The lowest BCUT2D eigenvalue weighted by molar-refractivity contribution is 0.0109. The van der Waals surface area contributed by atoms with Gasteiger partial charge in [-0.2, -0.15) is 0 Å². The van der Waals surface area contributed by atoms with Crippen LogP contribution in [0.4, 0.5) is 9.59 Å². The molecule has 0 aromatic carbocycles. The Balaban J connectivity index is 2.51. The molecule has 0 bridgehead atoms. The highest BCUT2D eigenvalue weighted by molar-refractivity contribution is 5.70. The van der Waals surface area contributed by atoms with E-state index in [0.717, 1.165) is 6.42 Å². The summed E-state index contributed by atoms with van der Waals surface area (Å²) in [5.74, 6) is 0. The maximum absolute atomic E-state index is 12.0. The second-order valence-electron chi connectivity index (χ2n) is 6.94. The predicted octanol–water partition coefficient (Wildman–Crippen LogP) is 2.91. The average Bonchev–Trinajstić information content (AvgIpc) is 2.68. The van der Waals surface area contributed by atoms with Crippen LogP contribution in [0.3, 0.4) is 0 Å². The maximum atomic E-state index is 12.0. The van der Waals surface area contributed by atoms with E-state index in [1.54, 1.807) is 4.90 Å². The third kappa shape index (κ3) is 5.81. The summed E-state index contributed by atoms with van der Waals surface area (Å²) in [4.78, 5) is 25.4. The first-order valence-corrected chi connectivity index (χ1v) is 7.52. The second kappa shape index (κ2) is 6.54. The van der Waals surface area contributed by atoms with Crippen LogP contribution >= 0.6 is 0 Å². The molecule has 6 heteroatoms. The van der Waals surface area contributed by atoms with Crippen molar-refractivity contribution in [1.82, 2.24) is 10.2 Å². The van der Waals surface area contributed by atoms with Gasteiger partial charge in [0.1, 0.15) is 11.2 Å². The Morgan fingerprint density at radius 2 is 2.00 bits per heavy atom. The van der Waals surface area contributed by atoms with E-state index in [1.807, 2.05) is 41.5 Å². The number of carbonyl (C=O) groups is 2. The smallest absolute Gasteiger partial charge is 0.410 e. The molecule has 0 aromatic heterocycles. The van der Waals surface area contributed by atoms with E-state index >= 15 is 0 Å². The first-order valence-electron chi connectivity index (χ1n) is 7.52. The topological polar surface area (TPSA) is 67.9 Å². The third-order valence-electron chi connectivity index (χ3n) is 3.40. The summed E-state index contributed by atoms with van der Waals surface area (Å²) in [6.45, 7) is 12.1. The zero-order chi connectivity index (χ0) is 16.3. The molecule has 1 saturated heterocycles. The Bertz CT molecular complexity index is 392. The standard InChI is InChI=1S/C15H28N2O4/c1-7-11(2)16-12(18)20-15(6)8-9-17(10-15)13(19)21-14(3,4)5/h11H,7-10H2,1-6H3,(H,16,18). The zero-order valence-corrected chi connectivity index (χ0v) is 14.0. The fraction of sp³-hybridized carbons (Fsp3) is 0.867. The quantitative estimate of drug-likeness (QED) is 0.870. The molecule has 122 valence electrons. The molecular weight excluding hydrogens is 272 g/mol. The van der Waals surface area contributed by atoms with E-state index in [-0.39, 0.29) is 12.1 Å². The molecule has 2 amide bonds. The van der Waals surface area contributed by atoms with Gasteiger partial charge in [-0.15, -0.1) is 0 Å². The fourth-order valence-corrected chi connectivity index (χ4v) is 2.06. The van der Waals surface area contributed by atoms with Crippen LogP contribution in [-0.2, 0) is 9.47 Å². The van der Waals surface area contributed by atoms with Crippen molar-refractivity contribution in [1.29, 1.82) is 0 Å². The average molecular weight is 300 g/mol. The number of amides is 2. The van der Waals surface area contributed by atoms with Gasteiger partial charge in [0.05, 0.1) is 6.54 Å². The van der Waals surface area contributed by atoms with Gasteiger partial charge in [-0.25, -0.2) is 9.59 Å². The minimum atomic E-state index is -0.658. The molecule has 2 unspecified atom stereocenters. The molecule has 0 radical (unpaired) electrons. The first kappa shape index (κ1) is 17.6. The molecule has 2 atom stereocenters. The number of ether oxygens (including phenoxy) is 2. The molecular formula is C15H28N2O4. The molecule has 21 heavy (non-hydrogen) atoms. The van der Waals surface area contributed by atoms with E-state index in [4.69, 9.17) is 9.47 Å². The summed E-state index contributed by atoms with van der Waals surface area (Å²) < 4.78 is 10.8. The Labute approximate surface area is 127 Å². The molecule has 0 spiro atoms. The lowest BCUT2D eigenvalue weighted by Gasteiger charge is -2.27. The highest BCUT2D eigenvalue weighted by atomic mass is 16.6. The van der Waals surface area contributed by atoms with Gasteiger partial charge in [-0.1, -0.05) is 6.92 Å². The normalized spacial score (nSPS) is 23.6. The van der Waals surface area contributed by atoms with E-state index < -0.39 is 17.3 Å². The maximum Gasteiger partial charge on any atom is 0.410 e. The molecule has 1 fully saturated rings. The summed E-state index contributed by atoms with van der Waals surface area (Å²) in [6.07, 6.45) is 0.658. The molecule has 1 aliphatic rings. The Hall–Kier alpha value is -1.46. The summed E-state index contributed by atoms with van der Waals surface area (Å²) in [6, 6.07) is 0.0736. The number of hydrogen-bond acceptors (Lipinski definition) is 4. The van der Waals surface area contributed by atoms with Gasteiger partial charge in [0, 0.05) is 19.0 Å². The van der Waals surface area contributed by atoms with Crippen LogP contribution in [0.1, 0.15) is 54.4 Å². The van der Waals surface area contributed by atoms with Gasteiger partial charge >= 0.3 is 12.2 Å². The SMILES string of the molecule is CCC(C)NC(=O)OC1(C)CCN(C(=O)OC(C)(C)C)C1. The Kier molecular flexibility index (Phi) is 5.48. The number of rotatable bonds is 3. The molecule has 0 saturated carbocycles. The molecule has 6 nitrogen and oxygen atoms in total. The number of likely N-dealkylation sites (tertiary alicyclic amines) is 1. The number of hydrogen-bond donors (Lipinski definition) is 1. The summed E-state index contributed by atoms with van der Waals surface area (Å²) in [5, 5.41) is 2.77. The number of nitrogens with zero attached hydrogens (tertiary/aromatic N) is 1. The van der Waals surface area contributed by atoms with E-state index in [1.165, 1.54) is 0 Å². The van der Waals surface area contributed by atoms with Crippen LogP contribution in [0.15, 0.2) is 0 Å². The van der Waals surface area contributed by atoms with E-state index in [0.29, 0.717) is 19.5 Å². The van der Waals surface area contributed by atoms with E-state index in [9.17, 15) is 9.59 Å². The van der Waals surface area contributed by atoms with Gasteiger partial charge in [0.2, 0.25) is 0 Å². The highest BCUT2D eigenvalue weighted by Crippen LogP contribution is 2.26. The second-order valence-corrected chi connectivity index (χ2v) is 6.94. The van der Waals surface area contributed by atoms with Crippen molar-refractivity contribution in [2.24, 2.45) is 0 Å². The number of carbonyl (C=O) groups excluding carboxylic acids is 2. The molecule has 0 aromatic rings. The van der Waals surface area contributed by atoms with Crippen molar-refractivity contribution >= 4 is 12.2 Å². The zero-order valence-electron chi connectivity index (χ0n) is 14.0. The van der Waals surface area contributed by atoms with Gasteiger partial charge < -0.3 is 19.7 Å². The monoisotopic (exact) mass is 300 g/mol. The highest BCUT2D eigenvalue weighted by Gasteiger charge is 2.40. The Morgan fingerprint density at radius 1 is 1.38 bits per heavy atom. The van der Waals surface area contributed by atoms with Crippen LogP contribution in [0, 0.1) is 0 Å². The van der Waals surface area contributed by atoms with Crippen molar-refractivity contribution in [2.75, 3.05) is 13.1 Å². The third-order valence-corrected chi connectivity index (χ3v) is 3.40. The summed E-state index contributed by atoms with van der Waals surface area (Å²) >= 11 is 0. The molecule has 1 heterocycles. The fourth-order valence-electron chi connectivity index (χ4n) is 2.06. The van der Waals surface area contributed by atoms with Crippen molar-refractivity contribution in [3.63, 3.8) is 0 Å². The van der Waals surface area contributed by atoms with Gasteiger partial charge in [-0.05, 0) is 41.0 Å². The molecule has 1 rings (SSSR count). The summed E-state index contributed by atoms with van der Waals surface area (Å²) in [5.41, 5.74) is -1.18. The van der Waals surface area contributed by atoms with Crippen molar-refractivity contribution in [3.05, 3.63) is 0 Å². The lowest BCUT2D eigenvalue weighted by Crippen LogP contribution is -2.43. The summed E-state index contributed by atoms with van der Waals surface area (Å²) in [7, 11) is 0. The Morgan fingerprint density at radius 3 is 2.52 bits per heavy atom. The predicted molar refractivity (Wildman–Crippen MR) is 80.2 cm³/mol. The first-order chi connectivity index (χ1) is 9.54. The molecule has 0 aliphatic carbocycles. The minimum absolute atomic E-state index is 0.0736. The van der Waals surface area contributed by atoms with Crippen molar-refractivity contribution in [3.8, 4) is 0 Å². The van der Waals surface area contributed by atoms with Crippen LogP contribution in [0.25, 0.3) is 0 Å². The largest absolute Gasteiger partial charge is 0.444 e. The van der Waals surface area contributed by atoms with E-state index in [2.05, 4.69) is 5.32 Å². The molecule has 1 aliphatic heterocycles. The van der Waals surface area contributed by atoms with Crippen LogP contribution in [0.5, 0.6) is 0 Å². The van der Waals surface area contributed by atoms with Crippen LogP contribution in [0.2, 0.25) is 0 Å².